The van der Waals surface area contributed by atoms with Gasteiger partial charge in [0.2, 0.25) is 6.10 Å². The number of hydrogen-bond acceptors (Lipinski definition) is 6. The van der Waals surface area contributed by atoms with Gasteiger partial charge in [0.05, 0.1) is 18.5 Å². The monoisotopic (exact) mass is 422 g/mol. The number of aryl methyl sites for hydroxylation is 2. The number of benzene rings is 2. The molecule has 0 aliphatic rings. The van der Waals surface area contributed by atoms with Crippen molar-refractivity contribution in [1.29, 1.82) is 0 Å². The Hall–Kier alpha value is -3.61. The highest BCUT2D eigenvalue weighted by Gasteiger charge is 2.30. The second kappa shape index (κ2) is 9.47. The maximum Gasteiger partial charge on any atom is 0.344 e. The number of rotatable bonds is 7. The molecule has 7 heteroatoms. The first-order valence-corrected chi connectivity index (χ1v) is 9.99. The molecule has 0 aliphatic heterocycles. The fraction of sp³-hybridized carbons (Fsp3) is 0.292. The van der Waals surface area contributed by atoms with Crippen LogP contribution < -0.4 is 10.1 Å². The second-order valence-electron chi connectivity index (χ2n) is 7.55. The molecule has 1 aromatic heterocycles. The van der Waals surface area contributed by atoms with Crippen molar-refractivity contribution in [2.24, 2.45) is 0 Å². The van der Waals surface area contributed by atoms with Gasteiger partial charge in [-0.2, -0.15) is 0 Å². The van der Waals surface area contributed by atoms with E-state index < -0.39 is 18.0 Å². The Bertz CT molecular complexity index is 1070. The molecule has 0 fully saturated rings. The highest BCUT2D eigenvalue weighted by molar-refractivity contribution is 5.99. The van der Waals surface area contributed by atoms with Gasteiger partial charge < -0.3 is 19.3 Å². The Kier molecular flexibility index (Phi) is 6.74. The van der Waals surface area contributed by atoms with Crippen LogP contribution >= 0.6 is 0 Å². The molecule has 0 aliphatic carbocycles. The average molecular weight is 422 g/mol. The van der Waals surface area contributed by atoms with Crippen LogP contribution in [0.15, 0.2) is 53.1 Å². The van der Waals surface area contributed by atoms with E-state index in [1.807, 2.05) is 32.9 Å². The third-order valence-corrected chi connectivity index (χ3v) is 4.80. The summed E-state index contributed by atoms with van der Waals surface area (Å²) >= 11 is 0. The first-order valence-electron chi connectivity index (χ1n) is 9.99. The van der Waals surface area contributed by atoms with Crippen LogP contribution in [0.2, 0.25) is 0 Å². The lowest BCUT2D eigenvalue weighted by atomic mass is 10.0. The molecule has 7 nitrogen and oxygen atoms in total. The van der Waals surface area contributed by atoms with E-state index in [-0.39, 0.29) is 11.5 Å². The molecule has 0 saturated heterocycles. The minimum atomic E-state index is -1.17. The van der Waals surface area contributed by atoms with Gasteiger partial charge in [-0.05, 0) is 31.5 Å². The zero-order valence-corrected chi connectivity index (χ0v) is 18.3. The molecule has 0 spiro atoms. The largest absolute Gasteiger partial charge is 0.495 e. The SMILES string of the molecule is COc1ccc(C)cc1NC(=O)[C@@H](OC(=O)c1c(C)noc1C(C)C)c1ccccc1. The predicted molar refractivity (Wildman–Crippen MR) is 116 cm³/mol. The fourth-order valence-corrected chi connectivity index (χ4v) is 3.21. The number of nitrogens with zero attached hydrogens (tertiary/aromatic N) is 1. The van der Waals surface area contributed by atoms with Crippen LogP contribution in [0.25, 0.3) is 0 Å². The summed E-state index contributed by atoms with van der Waals surface area (Å²) < 4.78 is 16.3. The van der Waals surface area contributed by atoms with Crippen molar-refractivity contribution in [3.05, 3.63) is 76.7 Å². The van der Waals surface area contributed by atoms with Gasteiger partial charge in [-0.15, -0.1) is 0 Å². The van der Waals surface area contributed by atoms with Gasteiger partial charge in [0.25, 0.3) is 5.91 Å². The van der Waals surface area contributed by atoms with Gasteiger partial charge in [-0.1, -0.05) is 55.4 Å². The Labute approximate surface area is 181 Å². The van der Waals surface area contributed by atoms with E-state index in [1.54, 1.807) is 43.3 Å². The predicted octanol–water partition coefficient (Wildman–Crippen LogP) is 4.96. The minimum Gasteiger partial charge on any atom is -0.495 e. The highest BCUT2D eigenvalue weighted by atomic mass is 16.6. The molecule has 0 unspecified atom stereocenters. The minimum absolute atomic E-state index is 0.0655. The summed E-state index contributed by atoms with van der Waals surface area (Å²) in [6, 6.07) is 14.3. The van der Waals surface area contributed by atoms with Crippen molar-refractivity contribution < 1.29 is 23.6 Å². The van der Waals surface area contributed by atoms with Crippen molar-refractivity contribution >= 4 is 17.6 Å². The van der Waals surface area contributed by atoms with Crippen molar-refractivity contribution in [2.75, 3.05) is 12.4 Å². The molecule has 0 radical (unpaired) electrons. The van der Waals surface area contributed by atoms with Crippen LogP contribution in [0.5, 0.6) is 5.75 Å². The topological polar surface area (TPSA) is 90.7 Å². The van der Waals surface area contributed by atoms with Gasteiger partial charge in [0.15, 0.2) is 5.76 Å². The van der Waals surface area contributed by atoms with Crippen LogP contribution in [0.4, 0.5) is 5.69 Å². The standard InChI is InChI=1S/C24H26N2O5/c1-14(2)21-20(16(4)26-31-21)24(28)30-22(17-9-7-6-8-10-17)23(27)25-18-13-15(3)11-12-19(18)29-5/h6-14,22H,1-5H3,(H,25,27)/t22-/m0/s1. The maximum absolute atomic E-state index is 13.2. The molecule has 2 aromatic carbocycles. The number of hydrogen-bond donors (Lipinski definition) is 1. The quantitative estimate of drug-likeness (QED) is 0.541. The number of carbonyl (C=O) groups excluding carboxylic acids is 2. The summed E-state index contributed by atoms with van der Waals surface area (Å²) in [6.45, 7) is 7.36. The number of ether oxygens (including phenoxy) is 2. The highest BCUT2D eigenvalue weighted by Crippen LogP contribution is 2.29. The number of anilines is 1. The lowest BCUT2D eigenvalue weighted by Gasteiger charge is -2.19. The van der Waals surface area contributed by atoms with Gasteiger partial charge in [-0.3, -0.25) is 4.79 Å². The molecule has 1 amide bonds. The lowest BCUT2D eigenvalue weighted by molar-refractivity contribution is -0.125. The van der Waals surface area contributed by atoms with Gasteiger partial charge in [-0.25, -0.2) is 4.79 Å². The Morgan fingerprint density at radius 3 is 2.42 bits per heavy atom. The smallest absolute Gasteiger partial charge is 0.344 e. The van der Waals surface area contributed by atoms with Crippen molar-refractivity contribution in [3.63, 3.8) is 0 Å². The number of nitrogens with one attached hydrogen (secondary N) is 1. The molecular formula is C24H26N2O5. The van der Waals surface area contributed by atoms with Crippen LogP contribution in [0.3, 0.4) is 0 Å². The molecule has 162 valence electrons. The number of esters is 1. The molecule has 3 rings (SSSR count). The number of methoxy groups -OCH3 is 1. The molecule has 3 aromatic rings. The van der Waals surface area contributed by atoms with Crippen LogP contribution in [-0.4, -0.2) is 24.1 Å². The molecule has 1 heterocycles. The van der Waals surface area contributed by atoms with E-state index in [2.05, 4.69) is 10.5 Å². The van der Waals surface area contributed by atoms with Gasteiger partial charge in [0.1, 0.15) is 11.3 Å². The van der Waals surface area contributed by atoms with E-state index in [0.29, 0.717) is 28.5 Å². The Balaban J connectivity index is 1.93. The number of amides is 1. The summed E-state index contributed by atoms with van der Waals surface area (Å²) in [4.78, 5) is 26.3. The van der Waals surface area contributed by atoms with Crippen LogP contribution in [-0.2, 0) is 9.53 Å². The Morgan fingerprint density at radius 1 is 1.06 bits per heavy atom. The number of carbonyl (C=O) groups is 2. The molecule has 0 bridgehead atoms. The third kappa shape index (κ3) is 4.94. The maximum atomic E-state index is 13.2. The zero-order chi connectivity index (χ0) is 22.5. The summed E-state index contributed by atoms with van der Waals surface area (Å²) in [5, 5.41) is 6.71. The summed E-state index contributed by atoms with van der Waals surface area (Å²) in [5.74, 6) is -0.292. The van der Waals surface area contributed by atoms with Crippen molar-refractivity contribution in [3.8, 4) is 5.75 Å². The molecule has 31 heavy (non-hydrogen) atoms. The lowest BCUT2D eigenvalue weighted by Crippen LogP contribution is -2.26. The van der Waals surface area contributed by atoms with Gasteiger partial charge in [0, 0.05) is 11.5 Å². The average Bonchev–Trinajstić information content (AvgIpc) is 3.14. The van der Waals surface area contributed by atoms with Crippen LogP contribution in [0, 0.1) is 13.8 Å². The van der Waals surface area contributed by atoms with E-state index in [1.165, 1.54) is 7.11 Å². The van der Waals surface area contributed by atoms with E-state index in [9.17, 15) is 9.59 Å². The Morgan fingerprint density at radius 2 is 1.77 bits per heavy atom. The van der Waals surface area contributed by atoms with E-state index >= 15 is 0 Å². The van der Waals surface area contributed by atoms with Crippen LogP contribution in [0.1, 0.15) is 58.8 Å². The van der Waals surface area contributed by atoms with E-state index in [4.69, 9.17) is 14.0 Å². The first kappa shape index (κ1) is 22.1. The molecule has 0 saturated carbocycles. The normalized spacial score (nSPS) is 11.8. The number of aromatic nitrogens is 1. The van der Waals surface area contributed by atoms with Crippen molar-refractivity contribution in [2.45, 2.75) is 39.7 Å². The first-order chi connectivity index (χ1) is 14.8. The van der Waals surface area contributed by atoms with Gasteiger partial charge >= 0.3 is 5.97 Å². The molecule has 1 N–H and O–H groups in total. The molecule has 1 atom stereocenters. The summed E-state index contributed by atoms with van der Waals surface area (Å²) in [5.41, 5.74) is 2.65. The molecular weight excluding hydrogens is 396 g/mol. The second-order valence-corrected chi connectivity index (χ2v) is 7.55. The summed E-state index contributed by atoms with van der Waals surface area (Å²) in [6.07, 6.45) is -1.17. The van der Waals surface area contributed by atoms with E-state index in [0.717, 1.165) is 5.56 Å². The zero-order valence-electron chi connectivity index (χ0n) is 18.3. The third-order valence-electron chi connectivity index (χ3n) is 4.80. The van der Waals surface area contributed by atoms with Crippen molar-refractivity contribution in [1.82, 2.24) is 5.16 Å². The fourth-order valence-electron chi connectivity index (χ4n) is 3.21. The summed E-state index contributed by atoms with van der Waals surface area (Å²) in [7, 11) is 1.52.